The van der Waals surface area contributed by atoms with Gasteiger partial charge in [0, 0.05) is 22.6 Å². The van der Waals surface area contributed by atoms with E-state index in [9.17, 15) is 4.79 Å². The molecule has 0 spiro atoms. The molecular weight excluding hydrogens is 396 g/mol. The molecule has 0 saturated heterocycles. The van der Waals surface area contributed by atoms with Gasteiger partial charge in [-0.1, -0.05) is 78.9 Å². The Labute approximate surface area is 189 Å². The number of carbonyl (C=O) groups excluding carboxylic acids is 1. The summed E-state index contributed by atoms with van der Waals surface area (Å²) >= 11 is 0. The van der Waals surface area contributed by atoms with Crippen molar-refractivity contribution in [2.45, 2.75) is 45.3 Å². The van der Waals surface area contributed by atoms with E-state index in [4.69, 9.17) is 4.74 Å². The normalized spacial score (nSPS) is 12.5. The number of hydrogen-bond acceptors (Lipinski definition) is 2. The number of aromatic nitrogens is 1. The van der Waals surface area contributed by atoms with Gasteiger partial charge in [0.2, 0.25) is 0 Å². The maximum atomic E-state index is 12.7. The van der Waals surface area contributed by atoms with Crippen molar-refractivity contribution >= 4 is 17.0 Å². The Balaban J connectivity index is 1.70. The van der Waals surface area contributed by atoms with Crippen molar-refractivity contribution < 1.29 is 9.53 Å². The lowest BCUT2D eigenvalue weighted by atomic mass is 9.95. The van der Waals surface area contributed by atoms with E-state index in [2.05, 4.69) is 52.8 Å². The molecule has 1 atom stereocenters. The SMILES string of the molecule is CC(C)(C)OC(=O)NC(Cc1ccccc1)Cc1c(-c2ccccc2)[nH]c2ccccc12. The Morgan fingerprint density at radius 2 is 1.50 bits per heavy atom. The minimum atomic E-state index is -0.544. The first-order valence-electron chi connectivity index (χ1n) is 11.1. The molecule has 0 aliphatic heterocycles. The molecule has 1 amide bonds. The van der Waals surface area contributed by atoms with E-state index < -0.39 is 5.60 Å². The third-order valence-corrected chi connectivity index (χ3v) is 5.37. The second-order valence-electron chi connectivity index (χ2n) is 9.13. The second-order valence-corrected chi connectivity index (χ2v) is 9.13. The highest BCUT2D eigenvalue weighted by atomic mass is 16.6. The summed E-state index contributed by atoms with van der Waals surface area (Å²) in [7, 11) is 0. The molecule has 0 saturated carbocycles. The van der Waals surface area contributed by atoms with E-state index in [1.807, 2.05) is 63.2 Å². The number of fused-ring (bicyclic) bond motifs is 1. The molecule has 0 aliphatic rings. The van der Waals surface area contributed by atoms with Gasteiger partial charge in [0.25, 0.3) is 0 Å². The summed E-state index contributed by atoms with van der Waals surface area (Å²) in [4.78, 5) is 16.3. The maximum Gasteiger partial charge on any atom is 0.407 e. The molecule has 0 fully saturated rings. The lowest BCUT2D eigenvalue weighted by Crippen LogP contribution is -2.41. The van der Waals surface area contributed by atoms with Gasteiger partial charge in [0.05, 0.1) is 0 Å². The van der Waals surface area contributed by atoms with E-state index in [-0.39, 0.29) is 12.1 Å². The molecule has 32 heavy (non-hydrogen) atoms. The number of H-pyrrole nitrogens is 1. The van der Waals surface area contributed by atoms with Crippen LogP contribution in [0.5, 0.6) is 0 Å². The number of para-hydroxylation sites is 1. The number of nitrogens with one attached hydrogen (secondary N) is 2. The molecular formula is C28H30N2O2. The zero-order chi connectivity index (χ0) is 22.6. The van der Waals surface area contributed by atoms with E-state index >= 15 is 0 Å². The number of rotatable bonds is 6. The van der Waals surface area contributed by atoms with Crippen molar-refractivity contribution in [3.63, 3.8) is 0 Å². The third-order valence-electron chi connectivity index (χ3n) is 5.37. The Hall–Kier alpha value is -3.53. The quantitative estimate of drug-likeness (QED) is 0.369. The molecule has 1 unspecified atom stereocenters. The number of ether oxygens (including phenoxy) is 1. The van der Waals surface area contributed by atoms with Crippen LogP contribution in [0, 0.1) is 0 Å². The monoisotopic (exact) mass is 426 g/mol. The summed E-state index contributed by atoms with van der Waals surface area (Å²) < 4.78 is 5.57. The number of benzene rings is 3. The summed E-state index contributed by atoms with van der Waals surface area (Å²) in [6, 6.07) is 28.8. The molecule has 4 rings (SSSR count). The van der Waals surface area contributed by atoms with Crippen LogP contribution in [0.25, 0.3) is 22.2 Å². The van der Waals surface area contributed by atoms with Crippen molar-refractivity contribution in [2.24, 2.45) is 0 Å². The average Bonchev–Trinajstić information content (AvgIpc) is 3.12. The molecule has 2 N–H and O–H groups in total. The number of aromatic amines is 1. The van der Waals surface area contributed by atoms with Gasteiger partial charge in [-0.25, -0.2) is 4.79 Å². The van der Waals surface area contributed by atoms with Crippen molar-refractivity contribution in [3.8, 4) is 11.3 Å². The van der Waals surface area contributed by atoms with E-state index in [1.165, 1.54) is 16.5 Å². The van der Waals surface area contributed by atoms with E-state index in [0.717, 1.165) is 16.8 Å². The van der Waals surface area contributed by atoms with Crippen LogP contribution in [-0.4, -0.2) is 22.7 Å². The highest BCUT2D eigenvalue weighted by Gasteiger charge is 2.23. The van der Waals surface area contributed by atoms with Crippen LogP contribution < -0.4 is 5.32 Å². The lowest BCUT2D eigenvalue weighted by Gasteiger charge is -2.24. The van der Waals surface area contributed by atoms with E-state index in [0.29, 0.717) is 12.8 Å². The predicted molar refractivity (Wildman–Crippen MR) is 131 cm³/mol. The fourth-order valence-electron chi connectivity index (χ4n) is 4.06. The van der Waals surface area contributed by atoms with Gasteiger partial charge < -0.3 is 15.0 Å². The van der Waals surface area contributed by atoms with E-state index in [1.54, 1.807) is 0 Å². The fraction of sp³-hybridized carbons (Fsp3) is 0.250. The van der Waals surface area contributed by atoms with Gasteiger partial charge in [-0.3, -0.25) is 0 Å². The molecule has 0 bridgehead atoms. The fourth-order valence-corrected chi connectivity index (χ4v) is 4.06. The summed E-state index contributed by atoms with van der Waals surface area (Å²) in [5.41, 5.74) is 5.15. The Morgan fingerprint density at radius 3 is 2.19 bits per heavy atom. The van der Waals surface area contributed by atoms with Crippen LogP contribution in [0.1, 0.15) is 31.9 Å². The first kappa shape index (κ1) is 21.7. The van der Waals surface area contributed by atoms with Gasteiger partial charge in [0.15, 0.2) is 0 Å². The van der Waals surface area contributed by atoms with Crippen molar-refractivity contribution in [1.82, 2.24) is 10.3 Å². The largest absolute Gasteiger partial charge is 0.444 e. The van der Waals surface area contributed by atoms with Gasteiger partial charge in [0.1, 0.15) is 5.60 Å². The lowest BCUT2D eigenvalue weighted by molar-refractivity contribution is 0.0504. The molecule has 4 aromatic rings. The van der Waals surface area contributed by atoms with Crippen molar-refractivity contribution in [2.75, 3.05) is 0 Å². The molecule has 164 valence electrons. The number of amides is 1. The first-order valence-corrected chi connectivity index (χ1v) is 11.1. The molecule has 4 nitrogen and oxygen atoms in total. The summed E-state index contributed by atoms with van der Waals surface area (Å²) in [5.74, 6) is 0. The van der Waals surface area contributed by atoms with Crippen LogP contribution in [-0.2, 0) is 17.6 Å². The Kier molecular flexibility index (Phi) is 6.31. The molecule has 4 heteroatoms. The smallest absolute Gasteiger partial charge is 0.407 e. The van der Waals surface area contributed by atoms with Crippen molar-refractivity contribution in [3.05, 3.63) is 96.1 Å². The minimum absolute atomic E-state index is 0.117. The molecule has 1 heterocycles. The number of hydrogen-bond donors (Lipinski definition) is 2. The second kappa shape index (κ2) is 9.31. The summed E-state index contributed by atoms with van der Waals surface area (Å²) in [6.45, 7) is 5.64. The Bertz CT molecular complexity index is 1170. The van der Waals surface area contributed by atoms with Crippen LogP contribution in [0.15, 0.2) is 84.9 Å². The highest BCUT2D eigenvalue weighted by Crippen LogP contribution is 2.31. The van der Waals surface area contributed by atoms with Crippen molar-refractivity contribution in [1.29, 1.82) is 0 Å². The van der Waals surface area contributed by atoms with Gasteiger partial charge in [-0.15, -0.1) is 0 Å². The zero-order valence-electron chi connectivity index (χ0n) is 18.9. The first-order chi connectivity index (χ1) is 15.4. The maximum absolute atomic E-state index is 12.7. The highest BCUT2D eigenvalue weighted by molar-refractivity contribution is 5.91. The minimum Gasteiger partial charge on any atom is -0.444 e. The molecule has 0 aliphatic carbocycles. The average molecular weight is 427 g/mol. The summed E-state index contributed by atoms with van der Waals surface area (Å²) in [5, 5.41) is 4.30. The van der Waals surface area contributed by atoms with Gasteiger partial charge in [-0.05, 0) is 56.4 Å². The predicted octanol–water partition coefficient (Wildman–Crippen LogP) is 6.51. The van der Waals surface area contributed by atoms with Gasteiger partial charge >= 0.3 is 6.09 Å². The number of alkyl carbamates (subject to hydrolysis) is 1. The standard InChI is InChI=1S/C28H30N2O2/c1-28(2,3)32-27(31)29-22(18-20-12-6-4-7-13-20)19-24-23-16-10-11-17-25(23)30-26(24)21-14-8-5-9-15-21/h4-17,22,30H,18-19H2,1-3H3,(H,29,31). The Morgan fingerprint density at radius 1 is 0.875 bits per heavy atom. The molecule has 1 aromatic heterocycles. The molecule has 3 aromatic carbocycles. The number of carbonyl (C=O) groups is 1. The van der Waals surface area contributed by atoms with Crippen LogP contribution in [0.2, 0.25) is 0 Å². The van der Waals surface area contributed by atoms with Crippen LogP contribution in [0.4, 0.5) is 4.79 Å². The van der Waals surface area contributed by atoms with Gasteiger partial charge in [-0.2, -0.15) is 0 Å². The summed E-state index contributed by atoms with van der Waals surface area (Å²) in [6.07, 6.45) is 1.01. The van der Waals surface area contributed by atoms with Crippen LogP contribution >= 0.6 is 0 Å². The molecule has 0 radical (unpaired) electrons. The zero-order valence-corrected chi connectivity index (χ0v) is 18.9. The van der Waals surface area contributed by atoms with Crippen LogP contribution in [0.3, 0.4) is 0 Å². The topological polar surface area (TPSA) is 54.1 Å². The third kappa shape index (κ3) is 5.38.